The zero-order valence-electron chi connectivity index (χ0n) is 17.2. The normalized spacial score (nSPS) is 11.1. The number of aromatic amines is 1. The van der Waals surface area contributed by atoms with Gasteiger partial charge in [-0.2, -0.15) is 10.3 Å². The summed E-state index contributed by atoms with van der Waals surface area (Å²) in [5, 5.41) is 22.1. The molecule has 0 radical (unpaired) electrons. The lowest BCUT2D eigenvalue weighted by atomic mass is 10.2. The van der Waals surface area contributed by atoms with E-state index in [2.05, 4.69) is 40.8 Å². The molecule has 11 nitrogen and oxygen atoms in total. The van der Waals surface area contributed by atoms with Gasteiger partial charge in [0.15, 0.2) is 23.3 Å². The number of tetrazole rings is 1. The summed E-state index contributed by atoms with van der Waals surface area (Å²) in [6.45, 7) is 0.316. The lowest BCUT2D eigenvalue weighted by molar-refractivity contribution is 0.421. The van der Waals surface area contributed by atoms with Gasteiger partial charge in [-0.15, -0.1) is 10.2 Å². The van der Waals surface area contributed by atoms with Crippen LogP contribution in [0.5, 0.6) is 0 Å². The summed E-state index contributed by atoms with van der Waals surface area (Å²) in [4.78, 5) is 9.96. The van der Waals surface area contributed by atoms with Crippen molar-refractivity contribution < 1.29 is 13.3 Å². The van der Waals surface area contributed by atoms with Crippen LogP contribution in [0.4, 0.5) is 14.6 Å². The van der Waals surface area contributed by atoms with Crippen molar-refractivity contribution in [1.82, 2.24) is 45.5 Å². The predicted molar refractivity (Wildman–Crippen MR) is 110 cm³/mol. The van der Waals surface area contributed by atoms with Gasteiger partial charge in [0.25, 0.3) is 0 Å². The van der Waals surface area contributed by atoms with Crippen molar-refractivity contribution in [2.24, 2.45) is 0 Å². The molecule has 0 amide bonds. The number of nitrogens with zero attached hydrogens (tertiary/aromatic N) is 9. The minimum absolute atomic E-state index is 0.0384. The number of hydrogen-bond donors (Lipinski definition) is 1. The van der Waals surface area contributed by atoms with E-state index in [0.717, 1.165) is 6.20 Å². The molecule has 1 aromatic carbocycles. The third-order valence-corrected chi connectivity index (χ3v) is 4.84. The van der Waals surface area contributed by atoms with Crippen LogP contribution in [-0.2, 0) is 13.1 Å². The van der Waals surface area contributed by atoms with Crippen LogP contribution >= 0.6 is 0 Å². The van der Waals surface area contributed by atoms with Crippen LogP contribution in [-0.4, -0.2) is 52.6 Å². The molecule has 0 aliphatic heterocycles. The highest BCUT2D eigenvalue weighted by atomic mass is 19.1. The minimum Gasteiger partial charge on any atom is -0.364 e. The molecule has 4 aromatic heterocycles. The van der Waals surface area contributed by atoms with E-state index in [0.29, 0.717) is 28.5 Å². The standard InChI is InChI=1S/C20H16F2N10O/c1-31(11-18-25-29-30-26-18)20-14(22)9-23-19(24-20)16-8-17(15-6-7-33-28-15)32(27-16)10-12-4-2-3-5-13(12)21/h2-9H,10-11H2,1H3,(H,25,26,29,30). The lowest BCUT2D eigenvalue weighted by Gasteiger charge is -2.16. The van der Waals surface area contributed by atoms with E-state index in [1.54, 1.807) is 42.1 Å². The first-order valence-electron chi connectivity index (χ1n) is 9.77. The highest BCUT2D eigenvalue weighted by Gasteiger charge is 2.19. The zero-order chi connectivity index (χ0) is 22.8. The van der Waals surface area contributed by atoms with Crippen LogP contribution in [0.1, 0.15) is 11.4 Å². The Bertz CT molecular complexity index is 1370. The maximum atomic E-state index is 14.5. The Hall–Kier alpha value is -4.55. The Kier molecular flexibility index (Phi) is 5.26. The fourth-order valence-corrected chi connectivity index (χ4v) is 3.27. The summed E-state index contributed by atoms with van der Waals surface area (Å²) in [6.07, 6.45) is 2.49. The van der Waals surface area contributed by atoms with Gasteiger partial charge in [-0.05, 0) is 12.1 Å². The summed E-state index contributed by atoms with van der Waals surface area (Å²) < 4.78 is 35.3. The van der Waals surface area contributed by atoms with E-state index in [4.69, 9.17) is 4.52 Å². The second-order valence-electron chi connectivity index (χ2n) is 7.10. The molecule has 13 heteroatoms. The maximum absolute atomic E-state index is 14.5. The van der Waals surface area contributed by atoms with Crippen molar-refractivity contribution in [3.63, 3.8) is 0 Å². The Morgan fingerprint density at radius 2 is 2.00 bits per heavy atom. The van der Waals surface area contributed by atoms with Gasteiger partial charge in [0.2, 0.25) is 0 Å². The predicted octanol–water partition coefficient (Wildman–Crippen LogP) is 2.47. The van der Waals surface area contributed by atoms with Gasteiger partial charge < -0.3 is 9.42 Å². The van der Waals surface area contributed by atoms with Gasteiger partial charge in [-0.25, -0.2) is 18.7 Å². The van der Waals surface area contributed by atoms with E-state index in [-0.39, 0.29) is 30.5 Å². The first-order chi connectivity index (χ1) is 16.1. The Morgan fingerprint density at radius 1 is 1.12 bits per heavy atom. The molecule has 0 saturated carbocycles. The highest BCUT2D eigenvalue weighted by Crippen LogP contribution is 2.26. The Labute approximate surface area is 185 Å². The highest BCUT2D eigenvalue weighted by molar-refractivity contribution is 5.63. The monoisotopic (exact) mass is 450 g/mol. The fraction of sp³-hybridized carbons (Fsp3) is 0.150. The first-order valence-corrected chi connectivity index (χ1v) is 9.77. The largest absolute Gasteiger partial charge is 0.364 e. The van der Waals surface area contributed by atoms with E-state index < -0.39 is 5.82 Å². The minimum atomic E-state index is -0.618. The molecular formula is C20H16F2N10O. The Morgan fingerprint density at radius 3 is 2.76 bits per heavy atom. The molecule has 0 spiro atoms. The van der Waals surface area contributed by atoms with E-state index in [9.17, 15) is 8.78 Å². The van der Waals surface area contributed by atoms with Crippen molar-refractivity contribution in [2.45, 2.75) is 13.1 Å². The number of halogens is 2. The molecule has 0 bridgehead atoms. The molecule has 1 N–H and O–H groups in total. The van der Waals surface area contributed by atoms with Crippen LogP contribution < -0.4 is 4.90 Å². The molecule has 0 saturated heterocycles. The fourth-order valence-electron chi connectivity index (χ4n) is 3.27. The lowest BCUT2D eigenvalue weighted by Crippen LogP contribution is -2.20. The maximum Gasteiger partial charge on any atom is 0.193 e. The van der Waals surface area contributed by atoms with Gasteiger partial charge >= 0.3 is 0 Å². The van der Waals surface area contributed by atoms with Crippen molar-refractivity contribution in [3.8, 4) is 22.9 Å². The number of hydrogen-bond acceptors (Lipinski definition) is 9. The van der Waals surface area contributed by atoms with Crippen molar-refractivity contribution in [3.05, 3.63) is 71.9 Å². The van der Waals surface area contributed by atoms with Crippen LogP contribution in [0.2, 0.25) is 0 Å². The van der Waals surface area contributed by atoms with E-state index in [1.165, 1.54) is 17.2 Å². The summed E-state index contributed by atoms with van der Waals surface area (Å²) in [5.41, 5.74) is 1.87. The van der Waals surface area contributed by atoms with Gasteiger partial charge in [0.05, 0.1) is 25.0 Å². The molecule has 33 heavy (non-hydrogen) atoms. The Balaban J connectivity index is 1.52. The summed E-state index contributed by atoms with van der Waals surface area (Å²) in [7, 11) is 1.64. The zero-order valence-corrected chi connectivity index (χ0v) is 17.2. The summed E-state index contributed by atoms with van der Waals surface area (Å²) in [5.74, 6) is -0.379. The van der Waals surface area contributed by atoms with Crippen molar-refractivity contribution in [1.29, 1.82) is 0 Å². The number of aromatic nitrogens is 9. The average Bonchev–Trinajstić information content (AvgIpc) is 3.58. The molecule has 5 aromatic rings. The number of rotatable bonds is 7. The average molecular weight is 450 g/mol. The number of nitrogens with one attached hydrogen (secondary N) is 1. The van der Waals surface area contributed by atoms with Crippen LogP contribution in [0.3, 0.4) is 0 Å². The number of benzene rings is 1. The molecular weight excluding hydrogens is 434 g/mol. The second-order valence-corrected chi connectivity index (χ2v) is 7.10. The van der Waals surface area contributed by atoms with E-state index in [1.807, 2.05) is 0 Å². The third-order valence-electron chi connectivity index (χ3n) is 4.84. The summed E-state index contributed by atoms with van der Waals surface area (Å²) >= 11 is 0. The molecule has 0 aliphatic rings. The molecule has 4 heterocycles. The van der Waals surface area contributed by atoms with Crippen LogP contribution in [0, 0.1) is 11.6 Å². The van der Waals surface area contributed by atoms with Gasteiger partial charge in [0, 0.05) is 18.7 Å². The number of anilines is 1. The molecule has 0 fully saturated rings. The molecule has 166 valence electrons. The van der Waals surface area contributed by atoms with Gasteiger partial charge in [-0.3, -0.25) is 4.68 Å². The van der Waals surface area contributed by atoms with Gasteiger partial charge in [-0.1, -0.05) is 28.6 Å². The second kappa shape index (κ2) is 8.53. The smallest absolute Gasteiger partial charge is 0.193 e. The van der Waals surface area contributed by atoms with Crippen LogP contribution in [0.15, 0.2) is 53.4 Å². The molecule has 5 rings (SSSR count). The third kappa shape index (κ3) is 4.15. The van der Waals surface area contributed by atoms with E-state index >= 15 is 0 Å². The molecule has 0 atom stereocenters. The molecule has 0 aliphatic carbocycles. The quantitative estimate of drug-likeness (QED) is 0.398. The number of H-pyrrole nitrogens is 1. The van der Waals surface area contributed by atoms with Crippen molar-refractivity contribution >= 4 is 5.82 Å². The van der Waals surface area contributed by atoms with Crippen LogP contribution in [0.25, 0.3) is 22.9 Å². The molecule has 0 unspecified atom stereocenters. The topological polar surface area (TPSA) is 127 Å². The SMILES string of the molecule is CN(Cc1nn[nH]n1)c1nc(-c2cc(-c3ccon3)n(Cc3ccccc3F)n2)ncc1F. The first kappa shape index (κ1) is 20.4. The summed E-state index contributed by atoms with van der Waals surface area (Å²) in [6, 6.07) is 9.76. The van der Waals surface area contributed by atoms with Crippen molar-refractivity contribution in [2.75, 3.05) is 11.9 Å². The van der Waals surface area contributed by atoms with Gasteiger partial charge in [0.1, 0.15) is 23.5 Å².